The van der Waals surface area contributed by atoms with E-state index >= 15 is 0 Å². The average Bonchev–Trinajstić information content (AvgIpc) is 3.10. The molecule has 3 rings (SSSR count). The predicted molar refractivity (Wildman–Crippen MR) is 82.8 cm³/mol. The molecule has 2 unspecified atom stereocenters. The van der Waals surface area contributed by atoms with E-state index in [-0.39, 0.29) is 6.04 Å². The molecule has 2 aromatic heterocycles. The smallest absolute Gasteiger partial charge is 0.0948 e. The Morgan fingerprint density at radius 3 is 3.15 bits per heavy atom. The van der Waals surface area contributed by atoms with Gasteiger partial charge in [-0.25, -0.2) is 4.98 Å². The van der Waals surface area contributed by atoms with Crippen molar-refractivity contribution in [1.29, 1.82) is 0 Å². The van der Waals surface area contributed by atoms with Crippen LogP contribution in [0.15, 0.2) is 24.0 Å². The zero-order chi connectivity index (χ0) is 14.1. The summed E-state index contributed by atoms with van der Waals surface area (Å²) in [5.41, 5.74) is 8.81. The third-order valence-electron chi connectivity index (χ3n) is 4.37. The Kier molecular flexibility index (Phi) is 3.92. The maximum Gasteiger partial charge on any atom is 0.0948 e. The SMILES string of the molecule is CCn1cncc1C(CN)N1CCc2sccc2C1C. The molecule has 2 atom stereocenters. The van der Waals surface area contributed by atoms with Crippen LogP contribution in [0.4, 0.5) is 0 Å². The average molecular weight is 290 g/mol. The first-order chi connectivity index (χ1) is 9.76. The lowest BCUT2D eigenvalue weighted by Gasteiger charge is -2.39. The monoisotopic (exact) mass is 290 g/mol. The first-order valence-electron chi connectivity index (χ1n) is 7.28. The molecule has 20 heavy (non-hydrogen) atoms. The van der Waals surface area contributed by atoms with Crippen LogP contribution in [0.3, 0.4) is 0 Å². The lowest BCUT2D eigenvalue weighted by atomic mass is 9.98. The topological polar surface area (TPSA) is 47.1 Å². The fourth-order valence-corrected chi connectivity index (χ4v) is 4.22. The van der Waals surface area contributed by atoms with Crippen molar-refractivity contribution in [1.82, 2.24) is 14.5 Å². The number of fused-ring (bicyclic) bond motifs is 1. The van der Waals surface area contributed by atoms with Gasteiger partial charge in [-0.3, -0.25) is 4.90 Å². The predicted octanol–water partition coefficient (Wildman–Crippen LogP) is 2.58. The molecule has 1 aliphatic heterocycles. The molecule has 3 heterocycles. The first kappa shape index (κ1) is 13.8. The zero-order valence-corrected chi connectivity index (χ0v) is 12.9. The summed E-state index contributed by atoms with van der Waals surface area (Å²) >= 11 is 1.88. The fourth-order valence-electron chi connectivity index (χ4n) is 3.25. The van der Waals surface area contributed by atoms with Crippen molar-refractivity contribution < 1.29 is 0 Å². The molecule has 0 spiro atoms. The number of hydrogen-bond donors (Lipinski definition) is 1. The van der Waals surface area contributed by atoms with Gasteiger partial charge >= 0.3 is 0 Å². The molecule has 0 amide bonds. The molecule has 5 heteroatoms. The second-order valence-electron chi connectivity index (χ2n) is 5.32. The molecule has 0 fully saturated rings. The summed E-state index contributed by atoms with van der Waals surface area (Å²) in [6.07, 6.45) is 5.01. The highest BCUT2D eigenvalue weighted by Crippen LogP contribution is 2.37. The highest BCUT2D eigenvalue weighted by Gasteiger charge is 2.31. The number of imidazole rings is 1. The second kappa shape index (κ2) is 5.68. The van der Waals surface area contributed by atoms with E-state index in [4.69, 9.17) is 5.73 Å². The van der Waals surface area contributed by atoms with Crippen LogP contribution in [0.25, 0.3) is 0 Å². The normalized spacial score (nSPS) is 20.9. The van der Waals surface area contributed by atoms with Crippen molar-refractivity contribution >= 4 is 11.3 Å². The van der Waals surface area contributed by atoms with E-state index in [1.54, 1.807) is 0 Å². The number of rotatable bonds is 4. The molecule has 2 N–H and O–H groups in total. The van der Waals surface area contributed by atoms with Crippen LogP contribution in [0, 0.1) is 0 Å². The lowest BCUT2D eigenvalue weighted by Crippen LogP contribution is -2.40. The van der Waals surface area contributed by atoms with Gasteiger partial charge in [0.15, 0.2) is 0 Å². The van der Waals surface area contributed by atoms with Crippen LogP contribution >= 0.6 is 11.3 Å². The largest absolute Gasteiger partial charge is 0.333 e. The van der Waals surface area contributed by atoms with Gasteiger partial charge in [-0.1, -0.05) is 0 Å². The van der Waals surface area contributed by atoms with Gasteiger partial charge < -0.3 is 10.3 Å². The van der Waals surface area contributed by atoms with Crippen LogP contribution < -0.4 is 5.73 Å². The highest BCUT2D eigenvalue weighted by atomic mass is 32.1. The number of aryl methyl sites for hydroxylation is 1. The maximum atomic E-state index is 6.10. The van der Waals surface area contributed by atoms with Crippen LogP contribution in [0.1, 0.15) is 42.1 Å². The molecule has 108 valence electrons. The van der Waals surface area contributed by atoms with Crippen molar-refractivity contribution in [2.45, 2.75) is 38.9 Å². The molecular weight excluding hydrogens is 268 g/mol. The molecule has 2 aromatic rings. The van der Waals surface area contributed by atoms with Gasteiger partial charge in [-0.05, 0) is 37.3 Å². The lowest BCUT2D eigenvalue weighted by molar-refractivity contribution is 0.133. The Morgan fingerprint density at radius 2 is 2.40 bits per heavy atom. The van der Waals surface area contributed by atoms with Gasteiger partial charge in [0.25, 0.3) is 0 Å². The molecule has 0 aromatic carbocycles. The van der Waals surface area contributed by atoms with E-state index in [0.29, 0.717) is 12.6 Å². The molecular formula is C15H22N4S. The molecule has 0 bridgehead atoms. The van der Waals surface area contributed by atoms with Gasteiger partial charge in [0, 0.05) is 36.8 Å². The van der Waals surface area contributed by atoms with Gasteiger partial charge in [0.1, 0.15) is 0 Å². The third kappa shape index (κ3) is 2.20. The molecule has 1 aliphatic rings. The number of nitrogens with zero attached hydrogens (tertiary/aromatic N) is 3. The van der Waals surface area contributed by atoms with E-state index in [1.165, 1.54) is 16.1 Å². The number of nitrogens with two attached hydrogens (primary N) is 1. The minimum Gasteiger partial charge on any atom is -0.333 e. The van der Waals surface area contributed by atoms with E-state index in [1.807, 2.05) is 23.9 Å². The number of thiophene rings is 1. The molecule has 0 saturated heterocycles. The van der Waals surface area contributed by atoms with E-state index in [0.717, 1.165) is 19.5 Å². The van der Waals surface area contributed by atoms with Crippen LogP contribution in [-0.4, -0.2) is 27.5 Å². The van der Waals surface area contributed by atoms with Crippen molar-refractivity contribution in [3.8, 4) is 0 Å². The van der Waals surface area contributed by atoms with E-state index in [9.17, 15) is 0 Å². The van der Waals surface area contributed by atoms with Crippen LogP contribution in [0.2, 0.25) is 0 Å². The Balaban J connectivity index is 1.91. The summed E-state index contributed by atoms with van der Waals surface area (Å²) in [5, 5.41) is 2.21. The minimum atomic E-state index is 0.250. The summed E-state index contributed by atoms with van der Waals surface area (Å²) in [7, 11) is 0. The Labute approximate surface area is 124 Å². The fraction of sp³-hybridized carbons (Fsp3) is 0.533. The minimum absolute atomic E-state index is 0.250. The molecule has 0 radical (unpaired) electrons. The molecule has 0 saturated carbocycles. The summed E-state index contributed by atoms with van der Waals surface area (Å²) in [6, 6.07) is 2.95. The van der Waals surface area contributed by atoms with Gasteiger partial charge in [-0.2, -0.15) is 0 Å². The number of hydrogen-bond acceptors (Lipinski definition) is 4. The van der Waals surface area contributed by atoms with Gasteiger partial charge in [0.2, 0.25) is 0 Å². The third-order valence-corrected chi connectivity index (χ3v) is 5.37. The first-order valence-corrected chi connectivity index (χ1v) is 8.16. The number of aromatic nitrogens is 2. The van der Waals surface area contributed by atoms with Crippen molar-refractivity contribution in [3.05, 3.63) is 40.1 Å². The summed E-state index contributed by atoms with van der Waals surface area (Å²) in [5.74, 6) is 0. The van der Waals surface area contributed by atoms with Gasteiger partial charge in [-0.15, -0.1) is 11.3 Å². The van der Waals surface area contributed by atoms with E-state index < -0.39 is 0 Å². The van der Waals surface area contributed by atoms with E-state index in [2.05, 4.69) is 39.7 Å². The summed E-state index contributed by atoms with van der Waals surface area (Å²) < 4.78 is 2.20. The van der Waals surface area contributed by atoms with Crippen molar-refractivity contribution in [2.75, 3.05) is 13.1 Å². The Morgan fingerprint density at radius 1 is 1.55 bits per heavy atom. The molecule has 4 nitrogen and oxygen atoms in total. The van der Waals surface area contributed by atoms with Crippen LogP contribution in [-0.2, 0) is 13.0 Å². The quantitative estimate of drug-likeness (QED) is 0.941. The van der Waals surface area contributed by atoms with Crippen molar-refractivity contribution in [2.24, 2.45) is 5.73 Å². The highest BCUT2D eigenvalue weighted by molar-refractivity contribution is 7.10. The zero-order valence-electron chi connectivity index (χ0n) is 12.1. The Bertz CT molecular complexity index is 574. The Hall–Kier alpha value is -1.17. The summed E-state index contributed by atoms with van der Waals surface area (Å²) in [6.45, 7) is 7.09. The van der Waals surface area contributed by atoms with Crippen LogP contribution in [0.5, 0.6) is 0 Å². The summed E-state index contributed by atoms with van der Waals surface area (Å²) in [4.78, 5) is 8.36. The maximum absolute atomic E-state index is 6.10. The van der Waals surface area contributed by atoms with Gasteiger partial charge in [0.05, 0.1) is 18.1 Å². The van der Waals surface area contributed by atoms with Crippen molar-refractivity contribution in [3.63, 3.8) is 0 Å². The standard InChI is InChI=1S/C15H22N4S/c1-3-18-10-17-9-14(18)13(8-16)19-6-4-15-12(11(19)2)5-7-20-15/h5,7,9-11,13H,3-4,6,8,16H2,1-2H3. The molecule has 0 aliphatic carbocycles. The second-order valence-corrected chi connectivity index (χ2v) is 6.32.